The van der Waals surface area contributed by atoms with Crippen molar-refractivity contribution < 1.29 is 14.3 Å². The van der Waals surface area contributed by atoms with E-state index in [1.54, 1.807) is 0 Å². The Bertz CT molecular complexity index is 611. The monoisotopic (exact) mass is 275 g/mol. The lowest BCUT2D eigenvalue weighted by Crippen LogP contribution is -2.32. The van der Waals surface area contributed by atoms with Crippen molar-refractivity contribution in [2.45, 2.75) is 46.5 Å². The summed E-state index contributed by atoms with van der Waals surface area (Å²) in [5.74, 6) is -0.265. The van der Waals surface area contributed by atoms with Crippen LogP contribution in [0.2, 0.25) is 0 Å². The molecule has 4 nitrogen and oxygen atoms in total. The predicted octanol–water partition coefficient (Wildman–Crippen LogP) is 3.82. The Labute approximate surface area is 118 Å². The molecule has 0 unspecified atom stereocenters. The Balaban J connectivity index is 2.35. The number of carboxylic acids is 1. The highest BCUT2D eigenvalue weighted by Gasteiger charge is 2.36. The topological polar surface area (TPSA) is 63.3 Å². The molecule has 1 aromatic carbocycles. The third-order valence-electron chi connectivity index (χ3n) is 4.20. The van der Waals surface area contributed by atoms with Crippen molar-refractivity contribution >= 4 is 17.1 Å². The van der Waals surface area contributed by atoms with Crippen LogP contribution >= 0.6 is 0 Å². The van der Waals surface area contributed by atoms with Crippen LogP contribution in [0.5, 0.6) is 0 Å². The lowest BCUT2D eigenvalue weighted by atomic mass is 9.79. The molecule has 0 spiro atoms. The third-order valence-corrected chi connectivity index (χ3v) is 4.20. The van der Waals surface area contributed by atoms with Crippen molar-refractivity contribution in [3.8, 4) is 0 Å². The number of hydrogen-bond acceptors (Lipinski definition) is 3. The fourth-order valence-electron chi connectivity index (χ4n) is 2.48. The highest BCUT2D eigenvalue weighted by molar-refractivity contribution is 5.76. The van der Waals surface area contributed by atoms with Crippen LogP contribution in [-0.2, 0) is 17.6 Å². The molecular weight excluding hydrogens is 254 g/mol. The number of aromatic nitrogens is 1. The molecule has 108 valence electrons. The van der Waals surface area contributed by atoms with Gasteiger partial charge in [-0.15, -0.1) is 0 Å². The summed E-state index contributed by atoms with van der Waals surface area (Å²) in [6.45, 7) is 5.89. The van der Waals surface area contributed by atoms with Gasteiger partial charge < -0.3 is 9.52 Å². The normalized spacial score (nSPS) is 11.9. The summed E-state index contributed by atoms with van der Waals surface area (Å²) in [6, 6.07) is 5.93. The quantitative estimate of drug-likeness (QED) is 0.870. The first-order chi connectivity index (χ1) is 9.54. The average molecular weight is 275 g/mol. The first kappa shape index (κ1) is 14.6. The average Bonchev–Trinajstić information content (AvgIpc) is 2.85. The maximum Gasteiger partial charge on any atom is 0.310 e. The number of carbonyl (C=O) groups is 1. The van der Waals surface area contributed by atoms with Crippen LogP contribution in [0.25, 0.3) is 11.1 Å². The molecule has 0 amide bonds. The van der Waals surface area contributed by atoms with Gasteiger partial charge in [0.05, 0.1) is 5.41 Å². The summed E-state index contributed by atoms with van der Waals surface area (Å²) in [5.41, 5.74) is 1.96. The first-order valence-electron chi connectivity index (χ1n) is 7.16. The Hall–Kier alpha value is -1.84. The minimum Gasteiger partial charge on any atom is -0.481 e. The molecular formula is C16H21NO3. The van der Waals surface area contributed by atoms with E-state index in [-0.39, 0.29) is 0 Å². The Kier molecular flexibility index (Phi) is 4.12. The Morgan fingerprint density at radius 3 is 2.55 bits per heavy atom. The van der Waals surface area contributed by atoms with E-state index in [1.165, 1.54) is 5.56 Å². The molecule has 1 heterocycles. The van der Waals surface area contributed by atoms with Gasteiger partial charge in [-0.25, -0.2) is 4.98 Å². The number of hydrogen-bond donors (Lipinski definition) is 1. The second-order valence-electron chi connectivity index (χ2n) is 5.23. The van der Waals surface area contributed by atoms with E-state index < -0.39 is 11.4 Å². The van der Waals surface area contributed by atoms with Gasteiger partial charge in [0.1, 0.15) is 5.52 Å². The van der Waals surface area contributed by atoms with Crippen molar-refractivity contribution in [2.24, 2.45) is 5.41 Å². The largest absolute Gasteiger partial charge is 0.481 e. The van der Waals surface area contributed by atoms with Crippen LogP contribution < -0.4 is 0 Å². The van der Waals surface area contributed by atoms with E-state index in [2.05, 4.69) is 11.9 Å². The van der Waals surface area contributed by atoms with E-state index >= 15 is 0 Å². The van der Waals surface area contributed by atoms with Crippen LogP contribution in [0.15, 0.2) is 22.6 Å². The van der Waals surface area contributed by atoms with Crippen LogP contribution in [-0.4, -0.2) is 16.1 Å². The zero-order valence-corrected chi connectivity index (χ0v) is 12.3. The Morgan fingerprint density at radius 1 is 1.30 bits per heavy atom. The Morgan fingerprint density at radius 2 is 2.00 bits per heavy atom. The molecule has 2 aromatic rings. The van der Waals surface area contributed by atoms with Crippen LogP contribution in [0.1, 0.15) is 45.1 Å². The van der Waals surface area contributed by atoms with Crippen molar-refractivity contribution in [1.82, 2.24) is 4.98 Å². The molecule has 0 aliphatic heterocycles. The number of benzene rings is 1. The van der Waals surface area contributed by atoms with Crippen molar-refractivity contribution in [2.75, 3.05) is 0 Å². The highest BCUT2D eigenvalue weighted by atomic mass is 16.4. The highest BCUT2D eigenvalue weighted by Crippen LogP contribution is 2.32. The molecule has 0 aliphatic rings. The molecule has 0 aliphatic carbocycles. The SMILES string of the molecule is CCc1ccc2oc(CC(CC)(CC)C(=O)O)nc2c1. The summed E-state index contributed by atoms with van der Waals surface area (Å²) in [7, 11) is 0. The molecule has 2 rings (SSSR count). The van der Waals surface area contributed by atoms with E-state index in [9.17, 15) is 9.90 Å². The summed E-state index contributed by atoms with van der Waals surface area (Å²) < 4.78 is 5.70. The number of rotatable bonds is 6. The molecule has 0 saturated carbocycles. The zero-order chi connectivity index (χ0) is 14.8. The maximum absolute atomic E-state index is 11.5. The molecule has 20 heavy (non-hydrogen) atoms. The minimum atomic E-state index is -0.783. The van der Waals surface area contributed by atoms with Crippen LogP contribution in [0.4, 0.5) is 0 Å². The molecule has 4 heteroatoms. The third kappa shape index (κ3) is 2.55. The zero-order valence-electron chi connectivity index (χ0n) is 12.3. The second-order valence-corrected chi connectivity index (χ2v) is 5.23. The smallest absolute Gasteiger partial charge is 0.310 e. The van der Waals surface area contributed by atoms with Gasteiger partial charge in [0.2, 0.25) is 0 Å². The first-order valence-corrected chi connectivity index (χ1v) is 7.16. The van der Waals surface area contributed by atoms with E-state index in [0.29, 0.717) is 25.2 Å². The molecule has 0 saturated heterocycles. The molecule has 0 atom stereocenters. The van der Waals surface area contributed by atoms with E-state index in [0.717, 1.165) is 17.5 Å². The molecule has 1 aromatic heterocycles. The second kappa shape index (κ2) is 5.65. The number of carboxylic acid groups (broad SMARTS) is 1. The fourth-order valence-corrected chi connectivity index (χ4v) is 2.48. The van der Waals surface area contributed by atoms with Crippen molar-refractivity contribution in [3.63, 3.8) is 0 Å². The standard InChI is InChI=1S/C16H21NO3/c1-4-11-7-8-13-12(9-11)17-14(20-13)10-16(5-2,6-3)15(18)19/h7-9H,4-6,10H2,1-3H3,(H,18,19). The maximum atomic E-state index is 11.5. The van der Waals surface area contributed by atoms with Gasteiger partial charge in [0.25, 0.3) is 0 Å². The number of oxazole rings is 1. The summed E-state index contributed by atoms with van der Waals surface area (Å²) in [6.07, 6.45) is 2.42. The van der Waals surface area contributed by atoms with Gasteiger partial charge >= 0.3 is 5.97 Å². The molecule has 0 fully saturated rings. The van der Waals surface area contributed by atoms with Gasteiger partial charge in [-0.1, -0.05) is 26.8 Å². The van der Waals surface area contributed by atoms with Gasteiger partial charge in [-0.3, -0.25) is 4.79 Å². The van der Waals surface area contributed by atoms with Gasteiger partial charge in [0, 0.05) is 6.42 Å². The number of aryl methyl sites for hydroxylation is 1. The summed E-state index contributed by atoms with van der Waals surface area (Å²) >= 11 is 0. The van der Waals surface area contributed by atoms with Crippen LogP contribution in [0.3, 0.4) is 0 Å². The van der Waals surface area contributed by atoms with Gasteiger partial charge in [0.15, 0.2) is 11.5 Å². The van der Waals surface area contributed by atoms with Gasteiger partial charge in [-0.2, -0.15) is 0 Å². The molecule has 0 radical (unpaired) electrons. The summed E-state index contributed by atoms with van der Waals surface area (Å²) in [5, 5.41) is 9.47. The molecule has 1 N–H and O–H groups in total. The molecule has 0 bridgehead atoms. The lowest BCUT2D eigenvalue weighted by molar-refractivity contribution is -0.149. The minimum absolute atomic E-state index is 0.339. The van der Waals surface area contributed by atoms with E-state index in [4.69, 9.17) is 4.42 Å². The van der Waals surface area contributed by atoms with E-state index in [1.807, 2.05) is 32.0 Å². The number of aliphatic carboxylic acids is 1. The summed E-state index contributed by atoms with van der Waals surface area (Å²) in [4.78, 5) is 16.0. The van der Waals surface area contributed by atoms with Crippen molar-refractivity contribution in [1.29, 1.82) is 0 Å². The predicted molar refractivity (Wildman–Crippen MR) is 77.7 cm³/mol. The number of nitrogens with zero attached hydrogens (tertiary/aromatic N) is 1. The van der Waals surface area contributed by atoms with Gasteiger partial charge in [-0.05, 0) is 37.0 Å². The fraction of sp³-hybridized carbons (Fsp3) is 0.500. The van der Waals surface area contributed by atoms with Crippen LogP contribution in [0, 0.1) is 5.41 Å². The lowest BCUT2D eigenvalue weighted by Gasteiger charge is -2.24. The van der Waals surface area contributed by atoms with Crippen molar-refractivity contribution in [3.05, 3.63) is 29.7 Å². The number of fused-ring (bicyclic) bond motifs is 1.